The van der Waals surface area contributed by atoms with Crippen LogP contribution in [0.4, 0.5) is 10.1 Å². The lowest BCUT2D eigenvalue weighted by Gasteiger charge is -2.30. The van der Waals surface area contributed by atoms with Gasteiger partial charge in [0.1, 0.15) is 5.82 Å². The van der Waals surface area contributed by atoms with Crippen molar-refractivity contribution >= 4 is 23.0 Å². The molecule has 1 aliphatic heterocycles. The van der Waals surface area contributed by atoms with E-state index in [0.29, 0.717) is 16.8 Å². The van der Waals surface area contributed by atoms with E-state index in [1.165, 1.54) is 55.1 Å². The lowest BCUT2D eigenvalue weighted by atomic mass is 9.94. The number of para-hydroxylation sites is 1. The third-order valence-electron chi connectivity index (χ3n) is 6.99. The number of nitrogens with one attached hydrogen (secondary N) is 1. The van der Waals surface area contributed by atoms with E-state index < -0.39 is 0 Å². The van der Waals surface area contributed by atoms with Gasteiger partial charge in [0, 0.05) is 23.6 Å². The number of hydrogen-bond donors (Lipinski definition) is 1. The monoisotopic (exact) mass is 448 g/mol. The molecular weight excluding hydrogens is 419 g/mol. The minimum Gasteiger partial charge on any atom is -0.351 e. The Morgan fingerprint density at radius 3 is 2.50 bits per heavy atom. The van der Waals surface area contributed by atoms with Gasteiger partial charge < -0.3 is 14.8 Å². The normalized spacial score (nSPS) is 21.7. The zero-order valence-corrected chi connectivity index (χ0v) is 19.4. The van der Waals surface area contributed by atoms with Crippen molar-refractivity contribution in [3.8, 4) is 0 Å². The first kappa shape index (κ1) is 21.1. The van der Waals surface area contributed by atoms with Crippen LogP contribution in [0.15, 0.2) is 54.7 Å². The Hall–Kier alpha value is -2.73. The molecule has 2 aliphatic rings. The Bertz CT molecular complexity index is 1120. The quantitative estimate of drug-likeness (QED) is 0.474. The van der Waals surface area contributed by atoms with E-state index in [-0.39, 0.29) is 17.9 Å². The highest BCUT2D eigenvalue weighted by atomic mass is 32.1. The van der Waals surface area contributed by atoms with Crippen LogP contribution in [0.3, 0.4) is 0 Å². The van der Waals surface area contributed by atoms with E-state index in [9.17, 15) is 4.39 Å². The van der Waals surface area contributed by atoms with Gasteiger partial charge in [0.2, 0.25) is 0 Å². The van der Waals surface area contributed by atoms with Gasteiger partial charge in [-0.3, -0.25) is 4.98 Å². The number of aryl methyl sites for hydroxylation is 1. The summed E-state index contributed by atoms with van der Waals surface area (Å²) in [7, 11) is 0. The second-order valence-electron chi connectivity index (χ2n) is 8.94. The zero-order valence-electron chi connectivity index (χ0n) is 18.6. The Morgan fingerprint density at radius 2 is 1.78 bits per heavy atom. The fourth-order valence-electron chi connectivity index (χ4n) is 5.58. The van der Waals surface area contributed by atoms with Crippen molar-refractivity contribution < 1.29 is 4.39 Å². The van der Waals surface area contributed by atoms with Crippen molar-refractivity contribution in [1.29, 1.82) is 0 Å². The second kappa shape index (κ2) is 8.66. The van der Waals surface area contributed by atoms with Crippen LogP contribution in [0.1, 0.15) is 72.9 Å². The van der Waals surface area contributed by atoms with Crippen LogP contribution >= 0.6 is 12.2 Å². The van der Waals surface area contributed by atoms with E-state index in [2.05, 4.69) is 34.8 Å². The summed E-state index contributed by atoms with van der Waals surface area (Å²) in [5.74, 6) is -0.274. The van der Waals surface area contributed by atoms with Crippen LogP contribution in [0.2, 0.25) is 0 Å². The SMILES string of the molecule is Cc1cc([C@@H]2[C@@H](c3ccccn3)NC(=S)N2c2ccccc2F)c(C)n1C1CCCCC1. The van der Waals surface area contributed by atoms with Crippen molar-refractivity contribution in [3.63, 3.8) is 0 Å². The molecule has 2 fully saturated rings. The van der Waals surface area contributed by atoms with Crippen molar-refractivity contribution in [3.05, 3.63) is 83.2 Å². The van der Waals surface area contributed by atoms with E-state index in [1.54, 1.807) is 18.3 Å². The van der Waals surface area contributed by atoms with Crippen LogP contribution in [-0.4, -0.2) is 14.7 Å². The van der Waals surface area contributed by atoms with Crippen molar-refractivity contribution in [2.45, 2.75) is 64.1 Å². The van der Waals surface area contributed by atoms with E-state index >= 15 is 0 Å². The second-order valence-corrected chi connectivity index (χ2v) is 9.32. The molecule has 32 heavy (non-hydrogen) atoms. The highest BCUT2D eigenvalue weighted by molar-refractivity contribution is 7.80. The smallest absolute Gasteiger partial charge is 0.174 e. The van der Waals surface area contributed by atoms with Crippen molar-refractivity contribution in [2.24, 2.45) is 0 Å². The van der Waals surface area contributed by atoms with Gasteiger partial charge in [0.05, 0.1) is 23.5 Å². The molecule has 3 aromatic rings. The summed E-state index contributed by atoms with van der Waals surface area (Å²) in [6.45, 7) is 4.39. The highest BCUT2D eigenvalue weighted by Gasteiger charge is 2.43. The maximum Gasteiger partial charge on any atom is 0.174 e. The molecule has 0 bridgehead atoms. The maximum absolute atomic E-state index is 15.0. The summed E-state index contributed by atoms with van der Waals surface area (Å²) < 4.78 is 17.5. The van der Waals surface area contributed by atoms with Crippen molar-refractivity contribution in [1.82, 2.24) is 14.9 Å². The Labute approximate surface area is 194 Å². The number of rotatable bonds is 4. The Kier molecular flexibility index (Phi) is 5.72. The number of halogens is 1. The van der Waals surface area contributed by atoms with Gasteiger partial charge in [-0.2, -0.15) is 0 Å². The lowest BCUT2D eigenvalue weighted by Crippen LogP contribution is -2.30. The molecule has 0 spiro atoms. The molecule has 2 aromatic heterocycles. The van der Waals surface area contributed by atoms with Gasteiger partial charge in [-0.15, -0.1) is 0 Å². The molecular formula is C26H29FN4S. The zero-order chi connectivity index (χ0) is 22.2. The average molecular weight is 449 g/mol. The molecule has 3 heterocycles. The van der Waals surface area contributed by atoms with Gasteiger partial charge >= 0.3 is 0 Å². The van der Waals surface area contributed by atoms with Gasteiger partial charge in [-0.05, 0) is 74.8 Å². The summed E-state index contributed by atoms with van der Waals surface area (Å²) >= 11 is 5.76. The van der Waals surface area contributed by atoms with E-state index in [4.69, 9.17) is 12.2 Å². The number of aromatic nitrogens is 2. The molecule has 1 saturated carbocycles. The van der Waals surface area contributed by atoms with Gasteiger partial charge in [0.15, 0.2) is 5.11 Å². The van der Waals surface area contributed by atoms with Crippen LogP contribution in [-0.2, 0) is 0 Å². The third kappa shape index (κ3) is 3.60. The Balaban J connectivity index is 1.65. The number of pyridine rings is 1. The molecule has 1 aromatic carbocycles. The van der Waals surface area contributed by atoms with Gasteiger partial charge in [0.25, 0.3) is 0 Å². The van der Waals surface area contributed by atoms with E-state index in [0.717, 1.165) is 5.69 Å². The van der Waals surface area contributed by atoms with Crippen LogP contribution in [0.5, 0.6) is 0 Å². The molecule has 5 rings (SSSR count). The number of anilines is 1. The largest absolute Gasteiger partial charge is 0.351 e. The maximum atomic E-state index is 15.0. The fourth-order valence-corrected chi connectivity index (χ4v) is 5.92. The summed E-state index contributed by atoms with van der Waals surface area (Å²) in [6, 6.07) is 15.2. The molecule has 1 aliphatic carbocycles. The highest BCUT2D eigenvalue weighted by Crippen LogP contribution is 2.45. The molecule has 2 atom stereocenters. The van der Waals surface area contributed by atoms with Crippen LogP contribution in [0, 0.1) is 19.7 Å². The third-order valence-corrected chi connectivity index (χ3v) is 7.31. The number of benzene rings is 1. The minimum atomic E-state index is -0.274. The molecule has 0 amide bonds. The van der Waals surface area contributed by atoms with Gasteiger partial charge in [-0.1, -0.05) is 37.5 Å². The first-order chi connectivity index (χ1) is 15.6. The fraction of sp³-hybridized carbons (Fsp3) is 0.385. The van der Waals surface area contributed by atoms with E-state index in [1.807, 2.05) is 29.2 Å². The number of nitrogens with zero attached hydrogens (tertiary/aromatic N) is 3. The molecule has 6 heteroatoms. The number of thiocarbonyl (C=S) groups is 1. The van der Waals surface area contributed by atoms with Crippen LogP contribution < -0.4 is 10.2 Å². The topological polar surface area (TPSA) is 33.1 Å². The summed E-state index contributed by atoms with van der Waals surface area (Å²) in [5, 5.41) is 3.98. The molecule has 4 nitrogen and oxygen atoms in total. The average Bonchev–Trinajstić information content (AvgIpc) is 3.30. The minimum absolute atomic E-state index is 0.163. The molecule has 166 valence electrons. The Morgan fingerprint density at radius 1 is 1.03 bits per heavy atom. The molecule has 1 saturated heterocycles. The predicted molar refractivity (Wildman–Crippen MR) is 130 cm³/mol. The van der Waals surface area contributed by atoms with Crippen molar-refractivity contribution in [2.75, 3.05) is 4.90 Å². The summed E-state index contributed by atoms with van der Waals surface area (Å²) in [5.41, 5.74) is 5.08. The summed E-state index contributed by atoms with van der Waals surface area (Å²) in [6.07, 6.45) is 8.13. The van der Waals surface area contributed by atoms with Crippen LogP contribution in [0.25, 0.3) is 0 Å². The summed E-state index contributed by atoms with van der Waals surface area (Å²) in [4.78, 5) is 6.56. The molecule has 0 unspecified atom stereocenters. The predicted octanol–water partition coefficient (Wildman–Crippen LogP) is 6.32. The van der Waals surface area contributed by atoms with Gasteiger partial charge in [-0.25, -0.2) is 4.39 Å². The first-order valence-electron chi connectivity index (χ1n) is 11.5. The standard InChI is InChI=1S/C26H29FN4S/c1-17-16-20(18(2)30(17)19-10-4-3-5-11-19)25-24(22-13-8-9-15-28-22)29-26(32)31(25)23-14-7-6-12-21(23)27/h6-9,12-16,19,24-25H,3-5,10-11H2,1-2H3,(H,29,32)/t24-,25-/m1/s1. The lowest BCUT2D eigenvalue weighted by molar-refractivity contribution is 0.345. The molecule has 1 N–H and O–H groups in total. The first-order valence-corrected chi connectivity index (χ1v) is 11.9. The number of hydrogen-bond acceptors (Lipinski definition) is 2. The molecule has 0 radical (unpaired) electrons.